The van der Waals surface area contributed by atoms with E-state index < -0.39 is 0 Å². The molecular formula is C20H21N5O3. The summed E-state index contributed by atoms with van der Waals surface area (Å²) in [7, 11) is 0. The number of aryl methyl sites for hydroxylation is 2. The Labute approximate surface area is 162 Å². The molecule has 0 bridgehead atoms. The Morgan fingerprint density at radius 1 is 1.04 bits per heavy atom. The number of rotatable bonds is 5. The van der Waals surface area contributed by atoms with Crippen molar-refractivity contribution in [1.29, 1.82) is 0 Å². The van der Waals surface area contributed by atoms with Gasteiger partial charge in [0.1, 0.15) is 5.76 Å². The number of hydrazine groups is 1. The highest BCUT2D eigenvalue weighted by atomic mass is 16.3. The van der Waals surface area contributed by atoms with Gasteiger partial charge in [-0.3, -0.25) is 14.6 Å². The lowest BCUT2D eigenvalue weighted by Crippen LogP contribution is -2.45. The second kappa shape index (κ2) is 7.67. The van der Waals surface area contributed by atoms with Crippen molar-refractivity contribution in [2.75, 3.05) is 13.1 Å². The van der Waals surface area contributed by atoms with Gasteiger partial charge >= 0.3 is 0 Å². The van der Waals surface area contributed by atoms with E-state index in [4.69, 9.17) is 4.42 Å². The van der Waals surface area contributed by atoms with Gasteiger partial charge in [-0.05, 0) is 37.6 Å². The fraction of sp³-hybridized carbons (Fsp3) is 0.300. The van der Waals surface area contributed by atoms with Crippen LogP contribution in [0, 0.1) is 6.92 Å². The molecular weight excluding hydrogens is 358 g/mol. The van der Waals surface area contributed by atoms with E-state index in [1.165, 1.54) is 14.8 Å². The SMILES string of the molecule is Cc1nn(-c2ccccc2)nc1C(=O)N1CCCN1C(=O)CCc1ccco1. The first-order valence-corrected chi connectivity index (χ1v) is 9.27. The normalized spacial score (nSPS) is 13.9. The molecule has 28 heavy (non-hydrogen) atoms. The molecule has 2 aromatic heterocycles. The molecule has 8 heteroatoms. The minimum Gasteiger partial charge on any atom is -0.469 e. The van der Waals surface area contributed by atoms with Crippen LogP contribution >= 0.6 is 0 Å². The average molecular weight is 379 g/mol. The second-order valence-corrected chi connectivity index (χ2v) is 6.64. The first kappa shape index (κ1) is 18.0. The number of hydrogen-bond acceptors (Lipinski definition) is 5. The van der Waals surface area contributed by atoms with Crippen molar-refractivity contribution < 1.29 is 14.0 Å². The van der Waals surface area contributed by atoms with Crippen molar-refractivity contribution in [3.05, 3.63) is 65.9 Å². The zero-order chi connectivity index (χ0) is 19.5. The third-order valence-electron chi connectivity index (χ3n) is 4.69. The zero-order valence-electron chi connectivity index (χ0n) is 15.6. The van der Waals surface area contributed by atoms with Gasteiger partial charge in [0.25, 0.3) is 5.91 Å². The van der Waals surface area contributed by atoms with Crippen molar-refractivity contribution in [3.8, 4) is 5.69 Å². The number of aromatic nitrogens is 3. The Kier molecular flexibility index (Phi) is 4.92. The average Bonchev–Trinajstić information content (AvgIpc) is 3.47. The molecule has 8 nitrogen and oxygen atoms in total. The van der Waals surface area contributed by atoms with Crippen LogP contribution in [-0.4, -0.2) is 49.9 Å². The van der Waals surface area contributed by atoms with E-state index in [9.17, 15) is 9.59 Å². The summed E-state index contributed by atoms with van der Waals surface area (Å²) in [5.74, 6) is 0.353. The van der Waals surface area contributed by atoms with Crippen LogP contribution in [0.5, 0.6) is 0 Å². The van der Waals surface area contributed by atoms with Gasteiger partial charge in [0.2, 0.25) is 5.91 Å². The Hall–Kier alpha value is -3.42. The molecule has 0 spiro atoms. The quantitative estimate of drug-likeness (QED) is 0.680. The number of hydrogen-bond donors (Lipinski definition) is 0. The molecule has 4 rings (SSSR count). The van der Waals surface area contributed by atoms with Crippen LogP contribution in [-0.2, 0) is 11.2 Å². The summed E-state index contributed by atoms with van der Waals surface area (Å²) < 4.78 is 5.28. The molecule has 3 aromatic rings. The maximum atomic E-state index is 13.1. The Balaban J connectivity index is 1.49. The topological polar surface area (TPSA) is 84.5 Å². The summed E-state index contributed by atoms with van der Waals surface area (Å²) >= 11 is 0. The molecule has 1 saturated heterocycles. The molecule has 0 aliphatic carbocycles. The minimum atomic E-state index is -0.302. The van der Waals surface area contributed by atoms with Crippen LogP contribution in [0.15, 0.2) is 53.1 Å². The molecule has 1 fully saturated rings. The van der Waals surface area contributed by atoms with E-state index in [1.807, 2.05) is 36.4 Å². The number of para-hydroxylation sites is 1. The number of benzene rings is 1. The molecule has 3 heterocycles. The summed E-state index contributed by atoms with van der Waals surface area (Å²) in [6.45, 7) is 2.76. The van der Waals surface area contributed by atoms with Gasteiger partial charge in [0.15, 0.2) is 5.69 Å². The van der Waals surface area contributed by atoms with Crippen LogP contribution in [0.25, 0.3) is 5.69 Å². The van der Waals surface area contributed by atoms with Gasteiger partial charge in [0.05, 0.1) is 17.6 Å². The number of amides is 2. The fourth-order valence-electron chi connectivity index (χ4n) is 3.27. The number of furan rings is 1. The summed E-state index contributed by atoms with van der Waals surface area (Å²) in [6, 6.07) is 13.0. The van der Waals surface area contributed by atoms with Crippen molar-refractivity contribution >= 4 is 11.8 Å². The van der Waals surface area contributed by atoms with Gasteiger partial charge in [-0.15, -0.1) is 5.10 Å². The molecule has 0 unspecified atom stereocenters. The largest absolute Gasteiger partial charge is 0.469 e. The third kappa shape index (κ3) is 3.53. The second-order valence-electron chi connectivity index (χ2n) is 6.64. The number of carbonyl (C=O) groups excluding carboxylic acids is 2. The number of nitrogens with zero attached hydrogens (tertiary/aromatic N) is 5. The van der Waals surface area contributed by atoms with E-state index in [1.54, 1.807) is 19.3 Å². The summed E-state index contributed by atoms with van der Waals surface area (Å²) in [5.41, 5.74) is 1.57. The smallest absolute Gasteiger partial charge is 0.294 e. The van der Waals surface area contributed by atoms with Crippen LogP contribution in [0.4, 0.5) is 0 Å². The molecule has 144 valence electrons. The van der Waals surface area contributed by atoms with Crippen LogP contribution in [0.1, 0.15) is 34.8 Å². The van der Waals surface area contributed by atoms with E-state index >= 15 is 0 Å². The highest BCUT2D eigenvalue weighted by Gasteiger charge is 2.33. The van der Waals surface area contributed by atoms with Crippen LogP contribution < -0.4 is 0 Å². The summed E-state index contributed by atoms with van der Waals surface area (Å²) in [4.78, 5) is 27.2. The maximum Gasteiger partial charge on any atom is 0.294 e. The number of carbonyl (C=O) groups is 2. The highest BCUT2D eigenvalue weighted by molar-refractivity contribution is 5.94. The van der Waals surface area contributed by atoms with Crippen molar-refractivity contribution in [2.45, 2.75) is 26.2 Å². The monoisotopic (exact) mass is 379 g/mol. The summed E-state index contributed by atoms with van der Waals surface area (Å²) in [6.07, 6.45) is 3.12. The van der Waals surface area contributed by atoms with E-state index in [0.717, 1.165) is 17.9 Å². The van der Waals surface area contributed by atoms with E-state index in [2.05, 4.69) is 10.2 Å². The lowest BCUT2D eigenvalue weighted by molar-refractivity contribution is -0.140. The van der Waals surface area contributed by atoms with Gasteiger partial charge in [-0.25, -0.2) is 5.01 Å². The lowest BCUT2D eigenvalue weighted by Gasteiger charge is -2.27. The predicted octanol–water partition coefficient (Wildman–Crippen LogP) is 2.39. The molecule has 0 saturated carbocycles. The molecule has 1 aliphatic heterocycles. The minimum absolute atomic E-state index is 0.102. The van der Waals surface area contributed by atoms with Gasteiger partial charge in [-0.1, -0.05) is 18.2 Å². The van der Waals surface area contributed by atoms with E-state index in [-0.39, 0.29) is 23.9 Å². The molecule has 1 aromatic carbocycles. The van der Waals surface area contributed by atoms with Crippen molar-refractivity contribution in [2.24, 2.45) is 0 Å². The van der Waals surface area contributed by atoms with Gasteiger partial charge < -0.3 is 4.42 Å². The predicted molar refractivity (Wildman–Crippen MR) is 100 cm³/mol. The highest BCUT2D eigenvalue weighted by Crippen LogP contribution is 2.18. The Morgan fingerprint density at radius 3 is 2.57 bits per heavy atom. The van der Waals surface area contributed by atoms with Crippen LogP contribution in [0.3, 0.4) is 0 Å². The fourth-order valence-corrected chi connectivity index (χ4v) is 3.27. The van der Waals surface area contributed by atoms with Crippen molar-refractivity contribution in [1.82, 2.24) is 25.0 Å². The summed E-state index contributed by atoms with van der Waals surface area (Å²) in [5, 5.41) is 11.7. The Bertz CT molecular complexity index is 965. The molecule has 0 N–H and O–H groups in total. The first-order chi connectivity index (χ1) is 13.6. The van der Waals surface area contributed by atoms with E-state index in [0.29, 0.717) is 25.2 Å². The molecule has 0 radical (unpaired) electrons. The lowest BCUT2D eigenvalue weighted by atomic mass is 10.2. The first-order valence-electron chi connectivity index (χ1n) is 9.27. The van der Waals surface area contributed by atoms with Crippen LogP contribution in [0.2, 0.25) is 0 Å². The van der Waals surface area contributed by atoms with Gasteiger partial charge in [-0.2, -0.15) is 9.90 Å². The zero-order valence-corrected chi connectivity index (χ0v) is 15.6. The standard InChI is InChI=1S/C20H21N5O3/c1-15-19(22-25(21-15)16-7-3-2-4-8-16)20(27)24-13-6-12-23(24)18(26)11-10-17-9-5-14-28-17/h2-5,7-9,14H,6,10-13H2,1H3. The van der Waals surface area contributed by atoms with Gasteiger partial charge in [0, 0.05) is 25.9 Å². The molecule has 1 aliphatic rings. The third-order valence-corrected chi connectivity index (χ3v) is 4.69. The maximum absolute atomic E-state index is 13.1. The Morgan fingerprint density at radius 2 is 1.82 bits per heavy atom. The molecule has 0 atom stereocenters. The van der Waals surface area contributed by atoms with Crippen molar-refractivity contribution in [3.63, 3.8) is 0 Å². The molecule has 2 amide bonds.